The summed E-state index contributed by atoms with van der Waals surface area (Å²) >= 11 is 0. The van der Waals surface area contributed by atoms with E-state index in [1.165, 1.54) is 11.6 Å². The van der Waals surface area contributed by atoms with E-state index < -0.39 is 0 Å². The van der Waals surface area contributed by atoms with Gasteiger partial charge in [0.25, 0.3) is 0 Å². The van der Waals surface area contributed by atoms with Gasteiger partial charge in [0.1, 0.15) is 0 Å². The van der Waals surface area contributed by atoms with Gasteiger partial charge in [-0.05, 0) is 34.7 Å². The van der Waals surface area contributed by atoms with Gasteiger partial charge >= 0.3 is 0 Å². The molecule has 0 aliphatic carbocycles. The fourth-order valence-corrected chi connectivity index (χ4v) is 1.56. The van der Waals surface area contributed by atoms with Gasteiger partial charge in [-0.25, -0.2) is 4.68 Å². The highest BCUT2D eigenvalue weighted by Gasteiger charge is 2.08. The molecule has 0 saturated carbocycles. The SMILES string of the molecule is CC(=O)Nc1ccc(-c2nnnn2CCO)cc1. The van der Waals surface area contributed by atoms with Crippen LogP contribution in [0.5, 0.6) is 0 Å². The normalized spacial score (nSPS) is 10.3. The number of hydrogen-bond acceptors (Lipinski definition) is 5. The second kappa shape index (κ2) is 5.37. The Morgan fingerprint density at radius 2 is 2.11 bits per heavy atom. The number of anilines is 1. The molecule has 1 aromatic carbocycles. The van der Waals surface area contributed by atoms with Gasteiger partial charge in [-0.2, -0.15) is 0 Å². The summed E-state index contributed by atoms with van der Waals surface area (Å²) in [5.41, 5.74) is 1.54. The van der Waals surface area contributed by atoms with Crippen LogP contribution in [0.25, 0.3) is 11.4 Å². The highest BCUT2D eigenvalue weighted by atomic mass is 16.3. The van der Waals surface area contributed by atoms with Crippen LogP contribution >= 0.6 is 0 Å². The van der Waals surface area contributed by atoms with Gasteiger partial charge in [0, 0.05) is 18.2 Å². The Kier molecular flexibility index (Phi) is 3.63. The third-order valence-electron chi connectivity index (χ3n) is 2.31. The molecule has 2 aromatic rings. The lowest BCUT2D eigenvalue weighted by atomic mass is 10.2. The molecule has 1 aromatic heterocycles. The minimum Gasteiger partial charge on any atom is -0.394 e. The first-order valence-electron chi connectivity index (χ1n) is 5.46. The molecule has 0 aliphatic heterocycles. The number of nitrogens with zero attached hydrogens (tertiary/aromatic N) is 4. The van der Waals surface area contributed by atoms with Crippen molar-refractivity contribution in [3.63, 3.8) is 0 Å². The molecule has 0 radical (unpaired) electrons. The van der Waals surface area contributed by atoms with Gasteiger partial charge in [-0.15, -0.1) is 5.10 Å². The van der Waals surface area contributed by atoms with Gasteiger partial charge in [0.05, 0.1) is 13.2 Å². The molecule has 7 nitrogen and oxygen atoms in total. The third-order valence-corrected chi connectivity index (χ3v) is 2.31. The van der Waals surface area contributed by atoms with Gasteiger partial charge in [0.2, 0.25) is 5.91 Å². The van der Waals surface area contributed by atoms with Crippen LogP contribution in [-0.2, 0) is 11.3 Å². The quantitative estimate of drug-likeness (QED) is 0.810. The lowest BCUT2D eigenvalue weighted by molar-refractivity contribution is -0.114. The van der Waals surface area contributed by atoms with Crippen molar-refractivity contribution in [3.8, 4) is 11.4 Å². The maximum absolute atomic E-state index is 10.9. The number of hydrogen-bond donors (Lipinski definition) is 2. The van der Waals surface area contributed by atoms with Crippen LogP contribution in [0.15, 0.2) is 24.3 Å². The van der Waals surface area contributed by atoms with Crippen molar-refractivity contribution in [2.24, 2.45) is 0 Å². The standard InChI is InChI=1S/C11H13N5O2/c1-8(18)12-10-4-2-9(3-5-10)11-13-14-15-16(11)6-7-17/h2-5,17H,6-7H2,1H3,(H,12,18). The number of benzene rings is 1. The molecule has 2 rings (SSSR count). The van der Waals surface area contributed by atoms with Crippen molar-refractivity contribution in [2.75, 3.05) is 11.9 Å². The number of carbonyl (C=O) groups excluding carboxylic acids is 1. The van der Waals surface area contributed by atoms with Crippen molar-refractivity contribution in [3.05, 3.63) is 24.3 Å². The predicted octanol–water partition coefficient (Wildman–Crippen LogP) is 0.291. The molecular formula is C11H13N5O2. The third kappa shape index (κ3) is 2.69. The fraction of sp³-hybridized carbons (Fsp3) is 0.273. The summed E-state index contributed by atoms with van der Waals surface area (Å²) in [4.78, 5) is 10.9. The summed E-state index contributed by atoms with van der Waals surface area (Å²) in [6.07, 6.45) is 0. The first kappa shape index (κ1) is 12.2. The van der Waals surface area contributed by atoms with Crippen molar-refractivity contribution in [2.45, 2.75) is 13.5 Å². The molecule has 1 heterocycles. The predicted molar refractivity (Wildman–Crippen MR) is 64.6 cm³/mol. The Morgan fingerprint density at radius 3 is 2.72 bits per heavy atom. The molecule has 0 saturated heterocycles. The molecule has 18 heavy (non-hydrogen) atoms. The molecule has 1 amide bonds. The number of amides is 1. The van der Waals surface area contributed by atoms with Crippen molar-refractivity contribution >= 4 is 11.6 Å². The molecule has 7 heteroatoms. The zero-order chi connectivity index (χ0) is 13.0. The summed E-state index contributed by atoms with van der Waals surface area (Å²) in [6, 6.07) is 7.17. The van der Waals surface area contributed by atoms with Crippen molar-refractivity contribution in [1.82, 2.24) is 20.2 Å². The number of tetrazole rings is 1. The van der Waals surface area contributed by atoms with Crippen LogP contribution in [-0.4, -0.2) is 37.8 Å². The van der Waals surface area contributed by atoms with Gasteiger partial charge in [-0.3, -0.25) is 4.79 Å². The monoisotopic (exact) mass is 247 g/mol. The first-order chi connectivity index (χ1) is 8.70. The van der Waals surface area contributed by atoms with Crippen molar-refractivity contribution < 1.29 is 9.90 Å². The average Bonchev–Trinajstić information content (AvgIpc) is 2.78. The summed E-state index contributed by atoms with van der Waals surface area (Å²) in [7, 11) is 0. The van der Waals surface area contributed by atoms with Crippen LogP contribution in [0.1, 0.15) is 6.92 Å². The molecule has 0 aliphatic rings. The first-order valence-corrected chi connectivity index (χ1v) is 5.46. The number of aliphatic hydroxyl groups excluding tert-OH is 1. The molecule has 94 valence electrons. The number of nitrogens with one attached hydrogen (secondary N) is 1. The second-order valence-corrected chi connectivity index (χ2v) is 3.71. The Bertz CT molecular complexity index is 535. The van der Waals surface area contributed by atoms with E-state index in [-0.39, 0.29) is 12.5 Å². The molecule has 0 unspecified atom stereocenters. The lowest BCUT2D eigenvalue weighted by Crippen LogP contribution is -2.07. The Labute approximate surface area is 103 Å². The zero-order valence-corrected chi connectivity index (χ0v) is 9.87. The molecule has 2 N–H and O–H groups in total. The van der Waals surface area contributed by atoms with Crippen LogP contribution in [0.4, 0.5) is 5.69 Å². The molecule has 0 bridgehead atoms. The summed E-state index contributed by atoms with van der Waals surface area (Å²) in [5, 5.41) is 22.8. The van der Waals surface area contributed by atoms with Crippen molar-refractivity contribution in [1.29, 1.82) is 0 Å². The number of aliphatic hydroxyl groups is 1. The zero-order valence-electron chi connectivity index (χ0n) is 9.87. The highest BCUT2D eigenvalue weighted by Crippen LogP contribution is 2.18. The van der Waals surface area contributed by atoms with E-state index in [9.17, 15) is 4.79 Å². The maximum atomic E-state index is 10.9. The van der Waals surface area contributed by atoms with E-state index >= 15 is 0 Å². The highest BCUT2D eigenvalue weighted by molar-refractivity contribution is 5.88. The van der Waals surface area contributed by atoms with Gasteiger partial charge < -0.3 is 10.4 Å². The molecule has 0 atom stereocenters. The van der Waals surface area contributed by atoms with E-state index in [4.69, 9.17) is 5.11 Å². The summed E-state index contributed by atoms with van der Waals surface area (Å²) in [6.45, 7) is 1.77. The Balaban J connectivity index is 2.23. The van der Waals surface area contributed by atoms with Crippen LogP contribution in [0, 0.1) is 0 Å². The molecular weight excluding hydrogens is 234 g/mol. The lowest BCUT2D eigenvalue weighted by Gasteiger charge is -2.04. The summed E-state index contributed by atoms with van der Waals surface area (Å²) < 4.78 is 1.52. The van der Waals surface area contributed by atoms with Crippen LogP contribution in [0.3, 0.4) is 0 Å². The van der Waals surface area contributed by atoms with E-state index in [2.05, 4.69) is 20.8 Å². The van der Waals surface area contributed by atoms with E-state index in [0.29, 0.717) is 18.1 Å². The van der Waals surface area contributed by atoms with E-state index in [1.54, 1.807) is 12.1 Å². The summed E-state index contributed by atoms with van der Waals surface area (Å²) in [5.74, 6) is 0.464. The average molecular weight is 247 g/mol. The van der Waals surface area contributed by atoms with E-state index in [1.807, 2.05) is 12.1 Å². The smallest absolute Gasteiger partial charge is 0.221 e. The largest absolute Gasteiger partial charge is 0.394 e. The molecule has 0 spiro atoms. The fourth-order valence-electron chi connectivity index (χ4n) is 1.56. The number of rotatable bonds is 4. The van der Waals surface area contributed by atoms with Crippen LogP contribution < -0.4 is 5.32 Å². The Hall–Kier alpha value is -2.28. The minimum atomic E-state index is -0.118. The van der Waals surface area contributed by atoms with E-state index in [0.717, 1.165) is 5.56 Å². The van der Waals surface area contributed by atoms with Gasteiger partial charge in [0.15, 0.2) is 5.82 Å². The second-order valence-electron chi connectivity index (χ2n) is 3.71. The Morgan fingerprint density at radius 1 is 1.39 bits per heavy atom. The number of aromatic nitrogens is 4. The number of carbonyl (C=O) groups is 1. The van der Waals surface area contributed by atoms with Gasteiger partial charge in [-0.1, -0.05) is 0 Å². The maximum Gasteiger partial charge on any atom is 0.221 e. The minimum absolute atomic E-state index is 0.0258. The van der Waals surface area contributed by atoms with Crippen LogP contribution in [0.2, 0.25) is 0 Å². The topological polar surface area (TPSA) is 92.9 Å². The molecule has 0 fully saturated rings.